The molecular weight excluding hydrogens is 420 g/mol. The number of thioether (sulfide) groups is 1. The van der Waals surface area contributed by atoms with Gasteiger partial charge in [0.1, 0.15) is 5.75 Å². The van der Waals surface area contributed by atoms with Gasteiger partial charge in [-0.15, -0.1) is 11.0 Å². The summed E-state index contributed by atoms with van der Waals surface area (Å²) < 4.78 is 34.7. The molecule has 0 saturated carbocycles. The molecule has 0 N–H and O–H groups in total. The molecule has 0 spiro atoms. The van der Waals surface area contributed by atoms with Crippen LogP contribution in [0.2, 0.25) is 0 Å². The van der Waals surface area contributed by atoms with Crippen molar-refractivity contribution in [2.75, 3.05) is 13.7 Å². The largest absolute Gasteiger partial charge is 0.497 e. The molecule has 1 saturated heterocycles. The summed E-state index contributed by atoms with van der Waals surface area (Å²) in [6, 6.07) is 13.8. The van der Waals surface area contributed by atoms with Crippen molar-refractivity contribution in [3.05, 3.63) is 77.2 Å². The summed E-state index contributed by atoms with van der Waals surface area (Å²) in [5.41, 5.74) is 1.83. The minimum absolute atomic E-state index is 0.0892. The number of amides is 1. The van der Waals surface area contributed by atoms with Gasteiger partial charge >= 0.3 is 0 Å². The Labute approximate surface area is 181 Å². The third-order valence-electron chi connectivity index (χ3n) is 4.44. The van der Waals surface area contributed by atoms with Crippen LogP contribution in [0.1, 0.15) is 18.1 Å². The number of carbonyl (C=O) groups excluding carboxylic acids is 1. The standard InChI is InChI=1S/C22H22N2O4S2/c1-4-14-24-21(25)20(15-17-6-10-18(28-3)11-7-17)29-22(24)23-30(26,27)19-12-8-16(5-2)9-13-19/h4,6-13,15H,1,5,14H2,2-3H3/b20-15-,23-22?. The van der Waals surface area contributed by atoms with E-state index in [9.17, 15) is 13.2 Å². The third kappa shape index (κ3) is 4.83. The van der Waals surface area contributed by atoms with Crippen molar-refractivity contribution in [1.29, 1.82) is 0 Å². The van der Waals surface area contributed by atoms with Crippen molar-refractivity contribution in [2.45, 2.75) is 18.2 Å². The lowest BCUT2D eigenvalue weighted by Gasteiger charge is -2.12. The highest BCUT2D eigenvalue weighted by molar-refractivity contribution is 8.19. The molecule has 8 heteroatoms. The van der Waals surface area contributed by atoms with Gasteiger partial charge in [-0.25, -0.2) is 0 Å². The van der Waals surface area contributed by atoms with Crippen LogP contribution in [-0.4, -0.2) is 38.0 Å². The average Bonchev–Trinajstić information content (AvgIpc) is 3.03. The van der Waals surface area contributed by atoms with Crippen molar-refractivity contribution in [3.63, 3.8) is 0 Å². The zero-order valence-corrected chi connectivity index (χ0v) is 18.4. The van der Waals surface area contributed by atoms with Crippen molar-refractivity contribution in [2.24, 2.45) is 4.40 Å². The van der Waals surface area contributed by atoms with E-state index in [1.807, 2.05) is 19.1 Å². The van der Waals surface area contributed by atoms with E-state index in [1.165, 1.54) is 23.1 Å². The first-order valence-corrected chi connectivity index (χ1v) is 11.5. The molecule has 1 aliphatic rings. The number of nitrogens with zero attached hydrogens (tertiary/aromatic N) is 2. The van der Waals surface area contributed by atoms with Crippen LogP contribution in [0.5, 0.6) is 5.75 Å². The topological polar surface area (TPSA) is 76.0 Å². The summed E-state index contributed by atoms with van der Waals surface area (Å²) in [5.74, 6) is 0.393. The van der Waals surface area contributed by atoms with Crippen LogP contribution in [-0.2, 0) is 21.2 Å². The third-order valence-corrected chi connectivity index (χ3v) is 6.84. The molecule has 3 rings (SSSR count). The predicted molar refractivity (Wildman–Crippen MR) is 121 cm³/mol. The van der Waals surface area contributed by atoms with Crippen LogP contribution in [0, 0.1) is 0 Å². The Kier molecular flexibility index (Phi) is 6.79. The van der Waals surface area contributed by atoms with E-state index in [1.54, 1.807) is 37.5 Å². The van der Waals surface area contributed by atoms with Crippen LogP contribution < -0.4 is 4.74 Å². The molecule has 0 atom stereocenters. The van der Waals surface area contributed by atoms with Crippen molar-refractivity contribution in [1.82, 2.24) is 4.90 Å². The number of sulfonamides is 1. The molecule has 2 aromatic rings. The fourth-order valence-corrected chi connectivity index (χ4v) is 4.96. The highest BCUT2D eigenvalue weighted by atomic mass is 32.2. The number of aryl methyl sites for hydroxylation is 1. The molecular formula is C22H22N2O4S2. The van der Waals surface area contributed by atoms with Crippen LogP contribution in [0.3, 0.4) is 0 Å². The molecule has 1 amide bonds. The van der Waals surface area contributed by atoms with E-state index in [4.69, 9.17) is 4.74 Å². The maximum atomic E-state index is 12.8. The van der Waals surface area contributed by atoms with Gasteiger partial charge in [0.15, 0.2) is 5.17 Å². The molecule has 0 radical (unpaired) electrons. The molecule has 0 aliphatic carbocycles. The highest BCUT2D eigenvalue weighted by Gasteiger charge is 2.34. The van der Waals surface area contributed by atoms with Crippen molar-refractivity contribution < 1.29 is 17.9 Å². The molecule has 30 heavy (non-hydrogen) atoms. The maximum Gasteiger partial charge on any atom is 0.284 e. The van der Waals surface area contributed by atoms with Crippen LogP contribution in [0.25, 0.3) is 6.08 Å². The van der Waals surface area contributed by atoms with E-state index in [0.29, 0.717) is 10.7 Å². The molecule has 0 aromatic heterocycles. The van der Waals surface area contributed by atoms with Gasteiger partial charge in [-0.2, -0.15) is 8.42 Å². The van der Waals surface area contributed by atoms with Gasteiger partial charge in [-0.1, -0.05) is 37.3 Å². The average molecular weight is 443 g/mol. The van der Waals surface area contributed by atoms with E-state index in [0.717, 1.165) is 29.3 Å². The zero-order valence-electron chi connectivity index (χ0n) is 16.7. The summed E-state index contributed by atoms with van der Waals surface area (Å²) in [6.07, 6.45) is 4.05. The van der Waals surface area contributed by atoms with Gasteiger partial charge < -0.3 is 4.74 Å². The van der Waals surface area contributed by atoms with Gasteiger partial charge in [0.05, 0.1) is 16.9 Å². The predicted octanol–water partition coefficient (Wildman–Crippen LogP) is 4.10. The second kappa shape index (κ2) is 9.32. The van der Waals surface area contributed by atoms with E-state index in [2.05, 4.69) is 11.0 Å². The maximum absolute atomic E-state index is 12.8. The minimum atomic E-state index is -3.95. The van der Waals surface area contributed by atoms with E-state index >= 15 is 0 Å². The first-order valence-electron chi connectivity index (χ1n) is 9.28. The summed E-state index contributed by atoms with van der Waals surface area (Å²) in [6.45, 7) is 5.81. The molecule has 1 aliphatic heterocycles. The van der Waals surface area contributed by atoms with Crippen LogP contribution >= 0.6 is 11.8 Å². The molecule has 2 aromatic carbocycles. The Balaban J connectivity index is 1.94. The van der Waals surface area contributed by atoms with E-state index < -0.39 is 10.0 Å². The summed E-state index contributed by atoms with van der Waals surface area (Å²) in [4.78, 5) is 14.6. The second-order valence-electron chi connectivity index (χ2n) is 6.43. The normalized spacial score (nSPS) is 17.0. The molecule has 156 valence electrons. The number of amidine groups is 1. The fourth-order valence-electron chi connectivity index (χ4n) is 2.77. The number of ether oxygens (including phenoxy) is 1. The second-order valence-corrected chi connectivity index (χ2v) is 9.05. The zero-order chi connectivity index (χ0) is 21.7. The minimum Gasteiger partial charge on any atom is -0.497 e. The number of benzene rings is 2. The van der Waals surface area contributed by atoms with Crippen molar-refractivity contribution in [3.8, 4) is 5.75 Å². The van der Waals surface area contributed by atoms with Gasteiger partial charge in [0.25, 0.3) is 15.9 Å². The first-order chi connectivity index (χ1) is 14.4. The molecule has 1 heterocycles. The Hall–Kier alpha value is -2.84. The number of hydrogen-bond donors (Lipinski definition) is 0. The SMILES string of the molecule is C=CCN1C(=O)/C(=C/c2ccc(OC)cc2)SC1=NS(=O)(=O)c1ccc(CC)cc1. The molecule has 0 unspecified atom stereocenters. The van der Waals surface area contributed by atoms with Crippen molar-refractivity contribution >= 4 is 38.9 Å². The highest BCUT2D eigenvalue weighted by Crippen LogP contribution is 2.34. The smallest absolute Gasteiger partial charge is 0.284 e. The lowest BCUT2D eigenvalue weighted by molar-refractivity contribution is -0.121. The van der Waals surface area contributed by atoms with Gasteiger partial charge in [0.2, 0.25) is 0 Å². The summed E-state index contributed by atoms with van der Waals surface area (Å²) in [5, 5.41) is 0.110. The number of carbonyl (C=O) groups is 1. The quantitative estimate of drug-likeness (QED) is 0.477. The lowest BCUT2D eigenvalue weighted by atomic mass is 10.2. The van der Waals surface area contributed by atoms with Gasteiger partial charge in [-0.05, 0) is 59.7 Å². The molecule has 1 fully saturated rings. The Morgan fingerprint density at radius 3 is 2.37 bits per heavy atom. The Bertz CT molecular complexity index is 1100. The van der Waals surface area contributed by atoms with Crippen LogP contribution in [0.4, 0.5) is 0 Å². The molecule has 6 nitrogen and oxygen atoms in total. The first kappa shape index (κ1) is 21.9. The lowest BCUT2D eigenvalue weighted by Crippen LogP contribution is -2.29. The fraction of sp³-hybridized carbons (Fsp3) is 0.182. The van der Waals surface area contributed by atoms with Gasteiger partial charge in [0, 0.05) is 6.54 Å². The summed E-state index contributed by atoms with van der Waals surface area (Å²) in [7, 11) is -2.37. The Morgan fingerprint density at radius 1 is 1.13 bits per heavy atom. The van der Waals surface area contributed by atoms with Gasteiger partial charge in [-0.3, -0.25) is 9.69 Å². The monoisotopic (exact) mass is 442 g/mol. The Morgan fingerprint density at radius 2 is 1.80 bits per heavy atom. The number of methoxy groups -OCH3 is 1. The number of hydrogen-bond acceptors (Lipinski definition) is 5. The van der Waals surface area contributed by atoms with E-state index in [-0.39, 0.29) is 22.5 Å². The number of rotatable bonds is 7. The molecule has 0 bridgehead atoms. The summed E-state index contributed by atoms with van der Waals surface area (Å²) >= 11 is 1.03. The van der Waals surface area contributed by atoms with Crippen LogP contribution in [0.15, 0.2) is 75.4 Å².